The molecule has 2 heterocycles. The molecule has 0 bridgehead atoms. The summed E-state index contributed by atoms with van der Waals surface area (Å²) in [5, 5.41) is 3.81. The van der Waals surface area contributed by atoms with Gasteiger partial charge in [-0.2, -0.15) is 0 Å². The van der Waals surface area contributed by atoms with E-state index in [1.165, 1.54) is 23.0 Å². The number of likely N-dealkylation sites (tertiary alicyclic amines) is 1. The van der Waals surface area contributed by atoms with E-state index in [4.69, 9.17) is 23.5 Å². The third-order valence-electron chi connectivity index (χ3n) is 7.53. The normalized spacial score (nSPS) is 17.7. The molecule has 11 heteroatoms. The third kappa shape index (κ3) is 6.51. The van der Waals surface area contributed by atoms with Gasteiger partial charge in [0, 0.05) is 25.6 Å². The average Bonchev–Trinajstić information content (AvgIpc) is 3.70. The zero-order chi connectivity index (χ0) is 30.7. The number of nitrogens with zero attached hydrogens (tertiary/aromatic N) is 3. The number of aromatic nitrogens is 1. The summed E-state index contributed by atoms with van der Waals surface area (Å²) in [6.45, 7) is 7.65. The highest BCUT2D eigenvalue weighted by molar-refractivity contribution is 5.87. The van der Waals surface area contributed by atoms with Crippen molar-refractivity contribution >= 4 is 18.2 Å². The van der Waals surface area contributed by atoms with Gasteiger partial charge in [0.15, 0.2) is 11.5 Å². The van der Waals surface area contributed by atoms with Gasteiger partial charge in [-0.3, -0.25) is 4.90 Å². The third-order valence-corrected chi connectivity index (χ3v) is 7.53. The van der Waals surface area contributed by atoms with E-state index in [0.717, 1.165) is 22.3 Å². The highest BCUT2D eigenvalue weighted by Crippen LogP contribution is 2.44. The van der Waals surface area contributed by atoms with Gasteiger partial charge in [-0.05, 0) is 49.9 Å². The van der Waals surface area contributed by atoms with E-state index < -0.39 is 35.9 Å². The van der Waals surface area contributed by atoms with Crippen LogP contribution in [0.3, 0.4) is 0 Å². The van der Waals surface area contributed by atoms with Crippen molar-refractivity contribution in [3.05, 3.63) is 77.2 Å². The van der Waals surface area contributed by atoms with Gasteiger partial charge in [-0.15, -0.1) is 0 Å². The van der Waals surface area contributed by atoms with Gasteiger partial charge in [0.1, 0.15) is 12.2 Å². The minimum Gasteiger partial charge on any atom is -0.461 e. The molecular formula is C32H37N3O8. The number of carbonyl (C=O) groups excluding carboxylic acids is 3. The second-order valence-electron chi connectivity index (χ2n) is 11.6. The van der Waals surface area contributed by atoms with Crippen LogP contribution in [0.15, 0.2) is 59.1 Å². The van der Waals surface area contributed by atoms with Crippen molar-refractivity contribution in [2.45, 2.75) is 57.9 Å². The number of benzene rings is 2. The molecule has 0 N–H and O–H groups in total. The molecule has 43 heavy (non-hydrogen) atoms. The van der Waals surface area contributed by atoms with Crippen molar-refractivity contribution in [1.82, 2.24) is 15.0 Å². The fourth-order valence-electron chi connectivity index (χ4n) is 5.61. The molecule has 0 radical (unpaired) electrons. The summed E-state index contributed by atoms with van der Waals surface area (Å²) in [7, 11) is 1.53. The Morgan fingerprint density at radius 3 is 2.26 bits per heavy atom. The topological polar surface area (TPSA) is 121 Å². The SMILES string of the molecule is CCOC(=O)c1cc(CN(C(=O)OCC2c3ccccc3-c3ccccc32)[C@@H]2CN(C(=O)OC(C)(C)C)C[C@H]2OC)on1. The highest BCUT2D eigenvalue weighted by Gasteiger charge is 2.43. The van der Waals surface area contributed by atoms with Crippen LogP contribution in [0, 0.1) is 0 Å². The van der Waals surface area contributed by atoms with Gasteiger partial charge < -0.3 is 28.4 Å². The number of rotatable bonds is 8. The number of esters is 1. The van der Waals surface area contributed by atoms with Gasteiger partial charge >= 0.3 is 18.2 Å². The Bertz CT molecular complexity index is 1430. The van der Waals surface area contributed by atoms with Crippen LogP contribution in [0.1, 0.15) is 61.0 Å². The number of hydrogen-bond acceptors (Lipinski definition) is 9. The second-order valence-corrected chi connectivity index (χ2v) is 11.6. The van der Waals surface area contributed by atoms with E-state index in [-0.39, 0.29) is 50.2 Å². The summed E-state index contributed by atoms with van der Waals surface area (Å²) < 4.78 is 27.7. The first-order valence-corrected chi connectivity index (χ1v) is 14.3. The molecule has 2 atom stereocenters. The zero-order valence-electron chi connectivity index (χ0n) is 25.1. The largest absolute Gasteiger partial charge is 0.461 e. The maximum absolute atomic E-state index is 13.9. The van der Waals surface area contributed by atoms with Crippen molar-refractivity contribution in [1.29, 1.82) is 0 Å². The standard InChI is InChI=1S/C32H37N3O8/c1-6-40-29(36)26-15-20(43-33-26)16-35(27-17-34(18-28(27)39-5)30(37)42-32(2,3)4)31(38)41-19-25-23-13-9-7-11-21(23)22-12-8-10-14-24(22)25/h7-15,25,27-28H,6,16-19H2,1-5H3/t27-,28-/m1/s1. The van der Waals surface area contributed by atoms with Crippen LogP contribution in [0.5, 0.6) is 0 Å². The molecule has 2 aliphatic rings. The molecular weight excluding hydrogens is 554 g/mol. The Kier molecular flexibility index (Phi) is 8.72. The fraction of sp³-hybridized carbons (Fsp3) is 0.438. The highest BCUT2D eigenvalue weighted by atomic mass is 16.6. The smallest absolute Gasteiger partial charge is 0.410 e. The van der Waals surface area contributed by atoms with Crippen LogP contribution in [0.25, 0.3) is 11.1 Å². The lowest BCUT2D eigenvalue weighted by Gasteiger charge is -2.30. The average molecular weight is 592 g/mol. The van der Waals surface area contributed by atoms with E-state index in [1.807, 2.05) is 36.4 Å². The fourth-order valence-corrected chi connectivity index (χ4v) is 5.61. The quantitative estimate of drug-likeness (QED) is 0.256. The minimum absolute atomic E-state index is 0.00516. The molecule has 1 aliphatic carbocycles. The summed E-state index contributed by atoms with van der Waals surface area (Å²) in [6.07, 6.45) is -1.65. The number of carbonyl (C=O) groups is 3. The van der Waals surface area contributed by atoms with Crippen molar-refractivity contribution in [3.63, 3.8) is 0 Å². The van der Waals surface area contributed by atoms with Crippen LogP contribution in [0.2, 0.25) is 0 Å². The van der Waals surface area contributed by atoms with Crippen molar-refractivity contribution in [2.24, 2.45) is 0 Å². The Balaban J connectivity index is 1.39. The van der Waals surface area contributed by atoms with E-state index in [0.29, 0.717) is 0 Å². The lowest BCUT2D eigenvalue weighted by atomic mass is 9.98. The molecule has 11 nitrogen and oxygen atoms in total. The number of fused-ring (bicyclic) bond motifs is 3. The molecule has 0 spiro atoms. The number of ether oxygens (including phenoxy) is 4. The van der Waals surface area contributed by atoms with Crippen molar-refractivity contribution < 1.29 is 37.9 Å². The first kappa shape index (κ1) is 30.1. The van der Waals surface area contributed by atoms with Crippen LogP contribution >= 0.6 is 0 Å². The van der Waals surface area contributed by atoms with Crippen molar-refractivity contribution in [2.75, 3.05) is 33.4 Å². The predicted octanol–water partition coefficient (Wildman–Crippen LogP) is 5.24. The molecule has 1 saturated heterocycles. The Morgan fingerprint density at radius 2 is 1.65 bits per heavy atom. The first-order valence-electron chi connectivity index (χ1n) is 14.3. The van der Waals surface area contributed by atoms with E-state index >= 15 is 0 Å². The number of hydrogen-bond donors (Lipinski definition) is 0. The van der Waals surface area contributed by atoms with Crippen LogP contribution in [0.4, 0.5) is 9.59 Å². The van der Waals surface area contributed by atoms with Gasteiger partial charge in [-0.1, -0.05) is 53.7 Å². The molecule has 2 amide bonds. The lowest BCUT2D eigenvalue weighted by Crippen LogP contribution is -2.47. The molecule has 0 saturated carbocycles. The van der Waals surface area contributed by atoms with Crippen LogP contribution < -0.4 is 0 Å². The maximum atomic E-state index is 13.9. The number of amides is 2. The zero-order valence-corrected chi connectivity index (χ0v) is 25.1. The molecule has 3 aromatic rings. The Morgan fingerprint density at radius 1 is 1.00 bits per heavy atom. The second kappa shape index (κ2) is 12.5. The summed E-state index contributed by atoms with van der Waals surface area (Å²) in [5.74, 6) is -0.516. The van der Waals surface area contributed by atoms with E-state index in [1.54, 1.807) is 27.7 Å². The number of methoxy groups -OCH3 is 1. The van der Waals surface area contributed by atoms with Crippen LogP contribution in [-0.2, 0) is 25.5 Å². The Labute approximate surface area is 250 Å². The Hall–Kier alpha value is -4.38. The lowest BCUT2D eigenvalue weighted by molar-refractivity contribution is 0.0227. The molecule has 0 unspecified atom stereocenters. The first-order chi connectivity index (χ1) is 20.6. The van der Waals surface area contributed by atoms with E-state index in [9.17, 15) is 14.4 Å². The van der Waals surface area contributed by atoms with Crippen molar-refractivity contribution in [3.8, 4) is 11.1 Å². The molecule has 2 aromatic carbocycles. The monoisotopic (exact) mass is 591 g/mol. The van der Waals surface area contributed by atoms with Gasteiger partial charge in [-0.25, -0.2) is 14.4 Å². The molecule has 1 aliphatic heterocycles. The van der Waals surface area contributed by atoms with Gasteiger partial charge in [0.25, 0.3) is 0 Å². The molecule has 228 valence electrons. The summed E-state index contributed by atoms with van der Waals surface area (Å²) >= 11 is 0. The molecule has 1 aromatic heterocycles. The van der Waals surface area contributed by atoms with Gasteiger partial charge in [0.05, 0.1) is 31.8 Å². The molecule has 5 rings (SSSR count). The van der Waals surface area contributed by atoms with Crippen LogP contribution in [-0.4, -0.2) is 84.3 Å². The maximum Gasteiger partial charge on any atom is 0.410 e. The summed E-state index contributed by atoms with van der Waals surface area (Å²) in [4.78, 5) is 42.0. The molecule has 1 fully saturated rings. The van der Waals surface area contributed by atoms with E-state index in [2.05, 4.69) is 17.3 Å². The predicted molar refractivity (Wildman–Crippen MR) is 155 cm³/mol. The summed E-state index contributed by atoms with van der Waals surface area (Å²) in [5.41, 5.74) is 3.72. The minimum atomic E-state index is -0.687. The van der Waals surface area contributed by atoms with Gasteiger partial charge in [0.2, 0.25) is 0 Å². The summed E-state index contributed by atoms with van der Waals surface area (Å²) in [6, 6.07) is 17.0.